The predicted molar refractivity (Wildman–Crippen MR) is 92.9 cm³/mol. The zero-order valence-electron chi connectivity index (χ0n) is 14.0. The Morgan fingerprint density at radius 1 is 1.29 bits per heavy atom. The van der Waals surface area contributed by atoms with Gasteiger partial charge in [-0.2, -0.15) is 0 Å². The molecule has 8 heteroatoms. The van der Waals surface area contributed by atoms with Crippen LogP contribution in [-0.2, 0) is 14.8 Å². The molecule has 0 radical (unpaired) electrons. The molecule has 0 aliphatic rings. The second-order valence-electron chi connectivity index (χ2n) is 5.51. The van der Waals surface area contributed by atoms with Crippen molar-refractivity contribution in [3.8, 4) is 5.75 Å². The minimum absolute atomic E-state index is 0.0718. The van der Waals surface area contributed by atoms with Gasteiger partial charge in [-0.1, -0.05) is 19.1 Å². The maximum atomic E-state index is 12.3. The fourth-order valence-corrected chi connectivity index (χ4v) is 4.81. The monoisotopic (exact) mass is 368 g/mol. The van der Waals surface area contributed by atoms with Gasteiger partial charge in [-0.05, 0) is 37.5 Å². The van der Waals surface area contributed by atoms with Gasteiger partial charge in [0, 0.05) is 6.42 Å². The Labute approximate surface area is 145 Å². The molecule has 1 N–H and O–H groups in total. The van der Waals surface area contributed by atoms with Crippen molar-refractivity contribution in [3.63, 3.8) is 0 Å². The molecule has 0 saturated heterocycles. The van der Waals surface area contributed by atoms with Crippen LogP contribution < -0.4 is 9.46 Å². The number of aryl methyl sites for hydroxylation is 2. The molecule has 0 aliphatic carbocycles. The quantitative estimate of drug-likeness (QED) is 0.847. The number of methoxy groups -OCH3 is 1. The highest BCUT2D eigenvalue weighted by Gasteiger charge is 2.24. The lowest BCUT2D eigenvalue weighted by molar-refractivity contribution is -0.119. The summed E-state index contributed by atoms with van der Waals surface area (Å²) in [5.41, 5.74) is 1.34. The Bertz CT molecular complexity index is 826. The number of ether oxygens (including phenoxy) is 1. The fourth-order valence-electron chi connectivity index (χ4n) is 2.33. The van der Waals surface area contributed by atoms with E-state index in [9.17, 15) is 13.2 Å². The molecule has 1 heterocycles. The number of aromatic nitrogens is 1. The molecule has 0 aliphatic heterocycles. The maximum Gasteiger partial charge on any atom is 0.275 e. The SMILES string of the molecule is COc1ccc([C@H](C)CC(=O)NS(=O)(=O)c2sc(C)nc2C)cc1. The van der Waals surface area contributed by atoms with Crippen molar-refractivity contribution in [1.82, 2.24) is 9.71 Å². The van der Waals surface area contributed by atoms with Crippen molar-refractivity contribution in [2.24, 2.45) is 0 Å². The van der Waals surface area contributed by atoms with Crippen molar-refractivity contribution >= 4 is 27.3 Å². The van der Waals surface area contributed by atoms with Gasteiger partial charge in [-0.3, -0.25) is 4.79 Å². The molecule has 0 unspecified atom stereocenters. The number of thiazole rings is 1. The van der Waals surface area contributed by atoms with Crippen LogP contribution >= 0.6 is 11.3 Å². The molecule has 24 heavy (non-hydrogen) atoms. The van der Waals surface area contributed by atoms with E-state index in [2.05, 4.69) is 9.71 Å². The van der Waals surface area contributed by atoms with Gasteiger partial charge < -0.3 is 4.74 Å². The Morgan fingerprint density at radius 3 is 2.42 bits per heavy atom. The van der Waals surface area contributed by atoms with Crippen LogP contribution in [0.15, 0.2) is 28.5 Å². The van der Waals surface area contributed by atoms with Crippen LogP contribution in [0.2, 0.25) is 0 Å². The fraction of sp³-hybridized carbons (Fsp3) is 0.375. The van der Waals surface area contributed by atoms with Crippen molar-refractivity contribution in [3.05, 3.63) is 40.5 Å². The van der Waals surface area contributed by atoms with E-state index >= 15 is 0 Å². The number of sulfonamides is 1. The number of hydrogen-bond donors (Lipinski definition) is 1. The molecule has 0 fully saturated rings. The third-order valence-corrected chi connectivity index (χ3v) is 6.59. The van der Waals surface area contributed by atoms with Gasteiger partial charge in [0.25, 0.3) is 10.0 Å². The molecular formula is C16H20N2O4S2. The number of nitrogens with zero attached hydrogens (tertiary/aromatic N) is 1. The largest absolute Gasteiger partial charge is 0.497 e. The van der Waals surface area contributed by atoms with Gasteiger partial charge in [-0.15, -0.1) is 11.3 Å². The summed E-state index contributed by atoms with van der Waals surface area (Å²) in [6.07, 6.45) is 0.0718. The molecule has 0 spiro atoms. The summed E-state index contributed by atoms with van der Waals surface area (Å²) in [6, 6.07) is 7.35. The number of carbonyl (C=O) groups excluding carboxylic acids is 1. The molecule has 1 amide bonds. The summed E-state index contributed by atoms with van der Waals surface area (Å²) in [7, 11) is -2.29. The summed E-state index contributed by atoms with van der Waals surface area (Å²) in [5, 5.41) is 0.645. The van der Waals surface area contributed by atoms with Crippen LogP contribution in [0.4, 0.5) is 0 Å². The molecule has 1 atom stereocenters. The molecule has 1 aromatic carbocycles. The summed E-state index contributed by atoms with van der Waals surface area (Å²) < 4.78 is 31.9. The zero-order chi connectivity index (χ0) is 17.9. The predicted octanol–water partition coefficient (Wildman–Crippen LogP) is 2.77. The highest BCUT2D eigenvalue weighted by atomic mass is 32.2. The lowest BCUT2D eigenvalue weighted by Gasteiger charge is -2.12. The van der Waals surface area contributed by atoms with Gasteiger partial charge >= 0.3 is 0 Å². The number of hydrogen-bond acceptors (Lipinski definition) is 6. The average Bonchev–Trinajstić information content (AvgIpc) is 2.86. The van der Waals surface area contributed by atoms with E-state index in [1.807, 2.05) is 31.2 Å². The highest BCUT2D eigenvalue weighted by molar-refractivity contribution is 7.92. The van der Waals surface area contributed by atoms with Crippen molar-refractivity contribution in [1.29, 1.82) is 0 Å². The zero-order valence-corrected chi connectivity index (χ0v) is 15.6. The number of amides is 1. The third-order valence-electron chi connectivity index (χ3n) is 3.53. The first-order valence-corrected chi connectivity index (χ1v) is 9.66. The van der Waals surface area contributed by atoms with Crippen molar-refractivity contribution in [2.75, 3.05) is 7.11 Å². The lowest BCUT2D eigenvalue weighted by Crippen LogP contribution is -2.31. The number of nitrogens with one attached hydrogen (secondary N) is 1. The Morgan fingerprint density at radius 2 is 1.92 bits per heavy atom. The van der Waals surface area contributed by atoms with E-state index in [4.69, 9.17) is 4.74 Å². The molecular weight excluding hydrogens is 348 g/mol. The van der Waals surface area contributed by atoms with Crippen LogP contribution in [0.25, 0.3) is 0 Å². The van der Waals surface area contributed by atoms with Gasteiger partial charge in [0.1, 0.15) is 5.75 Å². The first-order valence-electron chi connectivity index (χ1n) is 7.36. The smallest absolute Gasteiger partial charge is 0.275 e. The van der Waals surface area contributed by atoms with E-state index in [0.717, 1.165) is 22.6 Å². The minimum atomic E-state index is -3.87. The maximum absolute atomic E-state index is 12.3. The number of rotatable bonds is 6. The number of benzene rings is 1. The van der Waals surface area contributed by atoms with Gasteiger partial charge in [-0.25, -0.2) is 18.1 Å². The second kappa shape index (κ2) is 7.31. The average molecular weight is 368 g/mol. The lowest BCUT2D eigenvalue weighted by atomic mass is 9.97. The first kappa shape index (κ1) is 18.4. The van der Waals surface area contributed by atoms with Gasteiger partial charge in [0.15, 0.2) is 4.21 Å². The Kier molecular flexibility index (Phi) is 5.61. The normalized spacial score (nSPS) is 12.7. The molecule has 2 aromatic rings. The molecule has 0 saturated carbocycles. The van der Waals surface area contributed by atoms with Crippen molar-refractivity contribution in [2.45, 2.75) is 37.3 Å². The van der Waals surface area contributed by atoms with E-state index in [-0.39, 0.29) is 16.5 Å². The van der Waals surface area contributed by atoms with Gasteiger partial charge in [0.05, 0.1) is 17.8 Å². The number of carbonyl (C=O) groups is 1. The minimum Gasteiger partial charge on any atom is -0.497 e. The molecule has 6 nitrogen and oxygen atoms in total. The summed E-state index contributed by atoms with van der Waals surface area (Å²) in [4.78, 5) is 16.2. The Balaban J connectivity index is 2.05. The van der Waals surface area contributed by atoms with Crippen LogP contribution in [0.1, 0.15) is 35.5 Å². The standard InChI is InChI=1S/C16H20N2O4S2/c1-10(13-5-7-14(22-4)8-6-13)9-15(19)18-24(20,21)16-11(2)17-12(3)23-16/h5-8,10H,9H2,1-4H3,(H,18,19)/t10-/m1/s1. The molecule has 1 aromatic heterocycles. The van der Waals surface area contributed by atoms with Crippen molar-refractivity contribution < 1.29 is 17.9 Å². The van der Waals surface area contributed by atoms with Crippen LogP contribution in [-0.4, -0.2) is 26.4 Å². The second-order valence-corrected chi connectivity index (χ2v) is 8.59. The topological polar surface area (TPSA) is 85.4 Å². The first-order chi connectivity index (χ1) is 11.2. The van der Waals surface area contributed by atoms with E-state index < -0.39 is 15.9 Å². The van der Waals surface area contributed by atoms with E-state index in [0.29, 0.717) is 10.7 Å². The summed E-state index contributed by atoms with van der Waals surface area (Å²) in [5.74, 6) is 0.0770. The summed E-state index contributed by atoms with van der Waals surface area (Å²) in [6.45, 7) is 5.21. The molecule has 130 valence electrons. The van der Waals surface area contributed by atoms with Crippen LogP contribution in [0, 0.1) is 13.8 Å². The van der Waals surface area contributed by atoms with Crippen LogP contribution in [0.3, 0.4) is 0 Å². The summed E-state index contributed by atoms with van der Waals surface area (Å²) >= 11 is 1.05. The third kappa shape index (κ3) is 4.33. The highest BCUT2D eigenvalue weighted by Crippen LogP contribution is 2.24. The van der Waals surface area contributed by atoms with Crippen LogP contribution in [0.5, 0.6) is 5.75 Å². The van der Waals surface area contributed by atoms with Gasteiger partial charge in [0.2, 0.25) is 5.91 Å². The Hall–Kier alpha value is -1.93. The van der Waals surface area contributed by atoms with E-state index in [1.54, 1.807) is 21.0 Å². The molecule has 0 bridgehead atoms. The van der Waals surface area contributed by atoms with E-state index in [1.165, 1.54) is 0 Å². The molecule has 2 rings (SSSR count).